The quantitative estimate of drug-likeness (QED) is 0.244. The third-order valence-corrected chi connectivity index (χ3v) is 7.18. The topological polar surface area (TPSA) is 125 Å². The number of hydrogen-bond donors (Lipinski definition) is 3. The minimum absolute atomic E-state index is 0.0705. The lowest BCUT2D eigenvalue weighted by atomic mass is 10.1. The fraction of sp³-hybridized carbons (Fsp3) is 0.148. The number of aryl methyl sites for hydroxylation is 1. The van der Waals surface area contributed by atoms with E-state index in [2.05, 4.69) is 32.3 Å². The van der Waals surface area contributed by atoms with Crippen molar-refractivity contribution < 1.29 is 17.6 Å². The number of H-pyrrole nitrogens is 2. The second-order valence-electron chi connectivity index (χ2n) is 8.25. The van der Waals surface area contributed by atoms with Crippen molar-refractivity contribution in [3.05, 3.63) is 117 Å². The molecule has 1 amide bonds. The zero-order valence-electron chi connectivity index (χ0n) is 19.6. The van der Waals surface area contributed by atoms with E-state index in [9.17, 15) is 22.4 Å². The summed E-state index contributed by atoms with van der Waals surface area (Å²) in [6.07, 6.45) is 6.33. The van der Waals surface area contributed by atoms with Crippen LogP contribution in [0.5, 0.6) is 0 Å². The zero-order chi connectivity index (χ0) is 26.3. The van der Waals surface area contributed by atoms with Crippen LogP contribution in [0.1, 0.15) is 39.0 Å². The van der Waals surface area contributed by atoms with Gasteiger partial charge in [0.1, 0.15) is 5.82 Å². The number of aromatic amines is 2. The molecule has 0 saturated heterocycles. The summed E-state index contributed by atoms with van der Waals surface area (Å²) in [6.45, 7) is 0.420. The molecule has 0 bridgehead atoms. The summed E-state index contributed by atoms with van der Waals surface area (Å²) >= 11 is 0. The van der Waals surface area contributed by atoms with Gasteiger partial charge in [-0.25, -0.2) is 12.8 Å². The highest BCUT2D eigenvalue weighted by Gasteiger charge is 2.21. The van der Waals surface area contributed by atoms with Crippen LogP contribution in [0.2, 0.25) is 0 Å². The lowest BCUT2D eigenvalue weighted by Crippen LogP contribution is -2.25. The van der Waals surface area contributed by atoms with Crippen molar-refractivity contribution in [1.29, 1.82) is 0 Å². The number of pyridine rings is 1. The summed E-state index contributed by atoms with van der Waals surface area (Å²) in [6, 6.07) is 12.4. The fourth-order valence-electron chi connectivity index (χ4n) is 3.60. The molecule has 188 valence electrons. The van der Waals surface area contributed by atoms with Gasteiger partial charge in [-0.3, -0.25) is 14.7 Å². The SMILES string of the molecule is O=C(NCCCc1cn[nH]c1)c1ccc(S(=O)(=O)Cc2cc[nH]c(=O)c2)c(C#Cc2ccc(F)cc2)c1. The molecule has 4 aromatic rings. The molecule has 0 unspecified atom stereocenters. The molecular weight excluding hydrogens is 495 g/mol. The van der Waals surface area contributed by atoms with E-state index >= 15 is 0 Å². The van der Waals surface area contributed by atoms with Crippen molar-refractivity contribution in [2.75, 3.05) is 6.54 Å². The Kier molecular flexibility index (Phi) is 7.95. The van der Waals surface area contributed by atoms with E-state index in [1.54, 1.807) is 12.4 Å². The Morgan fingerprint density at radius 3 is 2.57 bits per heavy atom. The van der Waals surface area contributed by atoms with Crippen LogP contribution in [0, 0.1) is 17.7 Å². The first-order valence-corrected chi connectivity index (χ1v) is 13.0. The first-order valence-electron chi connectivity index (χ1n) is 11.4. The molecule has 0 saturated carbocycles. The number of aromatic nitrogens is 3. The van der Waals surface area contributed by atoms with E-state index in [0.29, 0.717) is 24.1 Å². The van der Waals surface area contributed by atoms with Crippen LogP contribution in [0.4, 0.5) is 4.39 Å². The summed E-state index contributed by atoms with van der Waals surface area (Å²) in [5, 5.41) is 9.45. The molecule has 0 aliphatic rings. The Morgan fingerprint density at radius 1 is 1.03 bits per heavy atom. The molecule has 2 heterocycles. The monoisotopic (exact) mass is 518 g/mol. The van der Waals surface area contributed by atoms with E-state index < -0.39 is 27.0 Å². The second kappa shape index (κ2) is 11.5. The predicted molar refractivity (Wildman–Crippen MR) is 136 cm³/mol. The molecule has 2 aromatic carbocycles. The van der Waals surface area contributed by atoms with Gasteiger partial charge in [-0.05, 0) is 72.5 Å². The van der Waals surface area contributed by atoms with Gasteiger partial charge in [0.05, 0.1) is 16.8 Å². The molecule has 4 rings (SSSR count). The van der Waals surface area contributed by atoms with E-state index in [0.717, 1.165) is 12.0 Å². The number of nitrogens with zero attached hydrogens (tertiary/aromatic N) is 1. The average Bonchev–Trinajstić information content (AvgIpc) is 3.39. The lowest BCUT2D eigenvalue weighted by molar-refractivity contribution is 0.0953. The molecule has 8 nitrogen and oxygen atoms in total. The van der Waals surface area contributed by atoms with E-state index in [1.165, 1.54) is 60.8 Å². The largest absolute Gasteiger partial charge is 0.352 e. The number of hydrogen-bond acceptors (Lipinski definition) is 5. The van der Waals surface area contributed by atoms with Crippen LogP contribution in [-0.2, 0) is 22.0 Å². The number of halogens is 1. The first kappa shape index (κ1) is 25.6. The molecule has 37 heavy (non-hydrogen) atoms. The standard InChI is InChI=1S/C27H23FN4O4S/c28-24-8-4-19(5-9-24)3-6-22-15-23(27(34)30-12-1-2-21-16-31-32-17-21)7-10-25(22)37(35,36)18-20-11-13-29-26(33)14-20/h4-5,7-11,13-17H,1-2,12,18H2,(H,29,33)(H,30,34)(H,31,32). The van der Waals surface area contributed by atoms with Crippen LogP contribution >= 0.6 is 0 Å². The van der Waals surface area contributed by atoms with Gasteiger partial charge in [-0.1, -0.05) is 11.8 Å². The molecule has 0 fully saturated rings. The van der Waals surface area contributed by atoms with Crippen molar-refractivity contribution in [3.63, 3.8) is 0 Å². The Bertz CT molecular complexity index is 1620. The van der Waals surface area contributed by atoms with E-state index in [1.807, 2.05) is 0 Å². The number of sulfone groups is 1. The molecule has 2 aromatic heterocycles. The predicted octanol–water partition coefficient (Wildman–Crippen LogP) is 2.97. The minimum atomic E-state index is -3.92. The van der Waals surface area contributed by atoms with E-state index in [-0.39, 0.29) is 21.9 Å². The van der Waals surface area contributed by atoms with Gasteiger partial charge in [0.25, 0.3) is 5.91 Å². The Morgan fingerprint density at radius 2 is 1.84 bits per heavy atom. The van der Waals surface area contributed by atoms with Crippen molar-refractivity contribution >= 4 is 15.7 Å². The highest BCUT2D eigenvalue weighted by atomic mass is 32.2. The summed E-state index contributed by atoms with van der Waals surface area (Å²) < 4.78 is 39.8. The Hall–Kier alpha value is -4.49. The molecule has 0 aliphatic carbocycles. The number of nitrogens with one attached hydrogen (secondary N) is 3. The highest BCUT2D eigenvalue weighted by Crippen LogP contribution is 2.22. The number of carbonyl (C=O) groups is 1. The maximum Gasteiger partial charge on any atom is 0.251 e. The highest BCUT2D eigenvalue weighted by molar-refractivity contribution is 7.90. The molecule has 0 aliphatic heterocycles. The third-order valence-electron chi connectivity index (χ3n) is 5.44. The molecular formula is C27H23FN4O4S. The van der Waals surface area contributed by atoms with Crippen molar-refractivity contribution in [1.82, 2.24) is 20.5 Å². The summed E-state index contributed by atoms with van der Waals surface area (Å²) in [7, 11) is -3.92. The second-order valence-corrected chi connectivity index (χ2v) is 10.2. The normalized spacial score (nSPS) is 10.9. The summed E-state index contributed by atoms with van der Waals surface area (Å²) in [5.74, 6) is 4.46. The lowest BCUT2D eigenvalue weighted by Gasteiger charge is -2.10. The number of rotatable bonds is 8. The van der Waals surface area contributed by atoms with Crippen LogP contribution in [0.25, 0.3) is 0 Å². The average molecular weight is 519 g/mol. The smallest absolute Gasteiger partial charge is 0.251 e. The van der Waals surface area contributed by atoms with Gasteiger partial charge in [-0.2, -0.15) is 5.10 Å². The van der Waals surface area contributed by atoms with Crippen molar-refractivity contribution in [2.24, 2.45) is 0 Å². The van der Waals surface area contributed by atoms with E-state index in [4.69, 9.17) is 0 Å². The van der Waals surface area contributed by atoms with Crippen molar-refractivity contribution in [3.8, 4) is 11.8 Å². The van der Waals surface area contributed by atoms with Gasteiger partial charge in [-0.15, -0.1) is 0 Å². The van der Waals surface area contributed by atoms with Gasteiger partial charge in [0.15, 0.2) is 9.84 Å². The Labute approximate surface area is 212 Å². The van der Waals surface area contributed by atoms with Gasteiger partial charge >= 0.3 is 0 Å². The first-order chi connectivity index (χ1) is 17.8. The maximum atomic E-state index is 13.3. The van der Waals surface area contributed by atoms with Crippen LogP contribution in [0.3, 0.4) is 0 Å². The van der Waals surface area contributed by atoms with Gasteiger partial charge in [0, 0.05) is 41.7 Å². The molecule has 0 radical (unpaired) electrons. The van der Waals surface area contributed by atoms with Gasteiger partial charge in [0.2, 0.25) is 5.56 Å². The van der Waals surface area contributed by atoms with Crippen LogP contribution < -0.4 is 10.9 Å². The third kappa shape index (κ3) is 7.02. The molecule has 0 atom stereocenters. The van der Waals surface area contributed by atoms with Crippen LogP contribution in [-0.4, -0.2) is 36.1 Å². The maximum absolute atomic E-state index is 13.3. The summed E-state index contributed by atoms with van der Waals surface area (Å²) in [5.41, 5.74) is 1.79. The number of amides is 1. The molecule has 0 spiro atoms. The molecule has 10 heteroatoms. The van der Waals surface area contributed by atoms with Gasteiger partial charge < -0.3 is 10.3 Å². The van der Waals surface area contributed by atoms with Crippen molar-refractivity contribution in [2.45, 2.75) is 23.5 Å². The fourth-order valence-corrected chi connectivity index (χ4v) is 5.09. The Balaban J connectivity index is 1.60. The zero-order valence-corrected chi connectivity index (χ0v) is 20.4. The van der Waals surface area contributed by atoms with Crippen LogP contribution in [0.15, 0.2) is 82.9 Å². The molecule has 3 N–H and O–H groups in total. The summed E-state index contributed by atoms with van der Waals surface area (Å²) in [4.78, 5) is 26.7. The minimum Gasteiger partial charge on any atom is -0.352 e. The number of carbonyl (C=O) groups excluding carboxylic acids is 1. The number of benzene rings is 2.